The molecule has 0 amide bonds. The zero-order valence-corrected chi connectivity index (χ0v) is 4.40. The fourth-order valence-electron chi connectivity index (χ4n) is 0. The van der Waals surface area contributed by atoms with Crippen LogP contribution in [-0.2, 0) is 15.1 Å². The summed E-state index contributed by atoms with van der Waals surface area (Å²) in [5.74, 6) is 0. The summed E-state index contributed by atoms with van der Waals surface area (Å²) in [5, 5.41) is 0. The number of halogens is 1. The number of hydrogen-bond donors (Lipinski definition) is 0. The molecule has 0 unspecified atom stereocenters. The molecule has 0 fully saturated rings. The summed E-state index contributed by atoms with van der Waals surface area (Å²) < 4.78 is 0. The summed E-state index contributed by atoms with van der Waals surface area (Å²) in [4.78, 5) is 0. The fourth-order valence-corrected chi connectivity index (χ4v) is 0. The van der Waals surface area contributed by atoms with Gasteiger partial charge in [0.2, 0.25) is 0 Å². The van der Waals surface area contributed by atoms with Gasteiger partial charge in [0.25, 0.3) is 0 Å². The second-order valence-corrected chi connectivity index (χ2v) is 0. The third-order valence-corrected chi connectivity index (χ3v) is 0. The molecule has 0 atom stereocenters. The average Bonchev–Trinajstić information content (AvgIpc) is 1.50. The van der Waals surface area contributed by atoms with E-state index in [1.807, 2.05) is 0 Å². The summed E-state index contributed by atoms with van der Waals surface area (Å²) >= 11 is 2.41. The Morgan fingerprint density at radius 1 is 1.50 bits per heavy atom. The van der Waals surface area contributed by atoms with Crippen molar-refractivity contribution in [3.8, 4) is 0 Å². The summed E-state index contributed by atoms with van der Waals surface area (Å²) in [5.41, 5.74) is 0. The molecule has 27 valence electrons. The third-order valence-electron chi connectivity index (χ3n) is 0. The quantitative estimate of drug-likeness (QED) is 0.424. The molecule has 0 rings (SSSR count). The van der Waals surface area contributed by atoms with E-state index in [1.165, 1.54) is 0 Å². The molecule has 0 aromatic carbocycles. The van der Waals surface area contributed by atoms with E-state index in [2.05, 4.69) is 32.1 Å². The third kappa shape index (κ3) is 14.0. The van der Waals surface area contributed by atoms with Crippen LogP contribution in [0.5, 0.6) is 0 Å². The Balaban J connectivity index is 0. The molecule has 0 spiro atoms. The second-order valence-electron chi connectivity index (χ2n) is 0. The van der Waals surface area contributed by atoms with Crippen molar-refractivity contribution in [3.63, 3.8) is 0 Å². The predicted molar refractivity (Wildman–Crippen MR) is 16.9 cm³/mol. The van der Waals surface area contributed by atoms with Crippen LogP contribution in [-0.4, -0.2) is 0 Å². The summed E-state index contributed by atoms with van der Waals surface area (Å²) in [6.45, 7) is 5.00. The van der Waals surface area contributed by atoms with Gasteiger partial charge in [-0.25, -0.2) is 0 Å². The molecule has 0 aromatic heterocycles. The van der Waals surface area contributed by atoms with Crippen LogP contribution in [0, 0.1) is 6.92 Å². The van der Waals surface area contributed by atoms with E-state index in [4.69, 9.17) is 0 Å². The van der Waals surface area contributed by atoms with Gasteiger partial charge in [-0.15, -0.1) is 0 Å². The molecule has 2 heteroatoms. The van der Waals surface area contributed by atoms with E-state index in [-0.39, 0.29) is 0 Å². The van der Waals surface area contributed by atoms with Crippen molar-refractivity contribution >= 4 is 10.1 Å². The van der Waals surface area contributed by atoms with Crippen molar-refractivity contribution in [2.45, 2.75) is 6.92 Å². The van der Waals surface area contributed by atoms with Gasteiger partial charge in [0.05, 0.1) is 0 Å². The van der Waals surface area contributed by atoms with Gasteiger partial charge in [0.1, 0.15) is 0 Å². The van der Waals surface area contributed by atoms with Gasteiger partial charge in [-0.1, -0.05) is 13.8 Å². The first-order valence-electron chi connectivity index (χ1n) is 0.850. The minimum atomic E-state index is 1.75. The topological polar surface area (TPSA) is 0 Å². The molecule has 0 N–H and O–H groups in total. The Morgan fingerprint density at radius 3 is 1.50 bits per heavy atom. The Hall–Kier alpha value is 0.809. The molecule has 0 heterocycles. The van der Waals surface area contributed by atoms with Crippen LogP contribution in [0.25, 0.3) is 0 Å². The monoisotopic (exact) mass is 119 g/mol. The van der Waals surface area contributed by atoms with Crippen molar-refractivity contribution in [1.82, 2.24) is 0 Å². The van der Waals surface area contributed by atoms with Crippen LogP contribution in [0.3, 0.4) is 0 Å². The summed E-state index contributed by atoms with van der Waals surface area (Å²) in [6.07, 6.45) is 0. The van der Waals surface area contributed by atoms with Crippen LogP contribution in [0.1, 0.15) is 6.92 Å². The first kappa shape index (κ1) is 8.84. The average molecular weight is 119 g/mol. The van der Waals surface area contributed by atoms with E-state index >= 15 is 0 Å². The summed E-state index contributed by atoms with van der Waals surface area (Å²) in [6, 6.07) is 0. The molecule has 0 bridgehead atoms. The minimum absolute atomic E-state index is 1.75. The summed E-state index contributed by atoms with van der Waals surface area (Å²) in [7, 11) is 4.45. The maximum atomic E-state index is 4.45. The van der Waals surface area contributed by atoms with Crippen LogP contribution in [0.15, 0.2) is 0 Å². The molecule has 0 aliphatic rings. The SMILES string of the molecule is [CH2]C.[Cl][Mn]. The van der Waals surface area contributed by atoms with E-state index in [9.17, 15) is 0 Å². The molecule has 0 aliphatic carbocycles. The van der Waals surface area contributed by atoms with E-state index in [1.54, 1.807) is 6.92 Å². The van der Waals surface area contributed by atoms with Gasteiger partial charge >= 0.3 is 25.2 Å². The number of hydrogen-bond acceptors (Lipinski definition) is 0. The Morgan fingerprint density at radius 2 is 1.50 bits per heavy atom. The molecular weight excluding hydrogens is 114 g/mol. The zero-order chi connectivity index (χ0) is 4.00. The molecule has 4 heavy (non-hydrogen) atoms. The molecule has 1 radical (unpaired) electrons. The molecule has 0 nitrogen and oxygen atoms in total. The molecule has 0 saturated heterocycles. The van der Waals surface area contributed by atoms with Crippen LogP contribution in [0.4, 0.5) is 0 Å². The van der Waals surface area contributed by atoms with Gasteiger partial charge in [-0.05, 0) is 0 Å². The van der Waals surface area contributed by atoms with Crippen LogP contribution >= 0.6 is 10.1 Å². The van der Waals surface area contributed by atoms with Crippen molar-refractivity contribution in [3.05, 3.63) is 6.92 Å². The Bertz CT molecular complexity index is 6.00. The normalized spacial score (nSPS) is 3.00. The fraction of sp³-hybridized carbons (Fsp3) is 0.500. The molecule has 0 saturated carbocycles. The van der Waals surface area contributed by atoms with Gasteiger partial charge in [-0.3, -0.25) is 0 Å². The molecular formula is C2H5ClMn. The van der Waals surface area contributed by atoms with Crippen LogP contribution < -0.4 is 0 Å². The van der Waals surface area contributed by atoms with Gasteiger partial charge in [-0.2, -0.15) is 0 Å². The first-order valence-corrected chi connectivity index (χ1v) is 2.47. The number of rotatable bonds is 0. The second kappa shape index (κ2) is 45.9. The van der Waals surface area contributed by atoms with Crippen molar-refractivity contribution in [1.29, 1.82) is 0 Å². The zero-order valence-electron chi connectivity index (χ0n) is 2.46. The van der Waals surface area contributed by atoms with Crippen molar-refractivity contribution in [2.75, 3.05) is 0 Å². The van der Waals surface area contributed by atoms with Crippen LogP contribution in [0.2, 0.25) is 0 Å². The Labute approximate surface area is 39.6 Å². The Kier molecular flexibility index (Phi) is 101. The van der Waals surface area contributed by atoms with E-state index in [0.29, 0.717) is 0 Å². The van der Waals surface area contributed by atoms with Crippen molar-refractivity contribution in [2.24, 2.45) is 0 Å². The van der Waals surface area contributed by atoms with Gasteiger partial charge in [0, 0.05) is 0 Å². The first-order chi connectivity index (χ1) is 2.00. The van der Waals surface area contributed by atoms with Gasteiger partial charge in [0.15, 0.2) is 0 Å². The maximum absolute atomic E-state index is 4.45. The van der Waals surface area contributed by atoms with E-state index in [0.717, 1.165) is 0 Å². The molecule has 0 aliphatic heterocycles. The van der Waals surface area contributed by atoms with E-state index < -0.39 is 0 Å². The van der Waals surface area contributed by atoms with Crippen molar-refractivity contribution < 1.29 is 15.1 Å². The molecule has 0 aromatic rings. The standard InChI is InChI=1S/C2H5.ClH.Mn/c1-2;;/h1H2,2H3;1H;/q;;+1/p-1. The predicted octanol–water partition coefficient (Wildman–Crippen LogP) is 1.53. The van der Waals surface area contributed by atoms with Gasteiger partial charge < -0.3 is 0 Å².